The SMILES string of the molecule is Cc1onc(-c2c(Cl)cccc2Cl)c1C(=O)NCCCN1CCC(c2cccc(NC(=O)C(C)C)c2)CC1. The predicted octanol–water partition coefficient (Wildman–Crippen LogP) is 6.55. The number of nitrogens with one attached hydrogen (secondary N) is 2. The van der Waals surface area contributed by atoms with E-state index in [0.29, 0.717) is 45.1 Å². The Hall–Kier alpha value is -2.87. The number of aromatic nitrogens is 1. The van der Waals surface area contributed by atoms with Crippen LogP contribution in [-0.2, 0) is 4.79 Å². The molecule has 38 heavy (non-hydrogen) atoms. The highest BCUT2D eigenvalue weighted by atomic mass is 35.5. The van der Waals surface area contributed by atoms with Gasteiger partial charge in [0.2, 0.25) is 5.91 Å². The number of rotatable bonds is 9. The maximum Gasteiger partial charge on any atom is 0.257 e. The molecular weight excluding hydrogens is 523 g/mol. The molecule has 3 aromatic rings. The van der Waals surface area contributed by atoms with Crippen LogP contribution in [0.3, 0.4) is 0 Å². The third-order valence-electron chi connectivity index (χ3n) is 6.96. The number of benzene rings is 2. The first-order chi connectivity index (χ1) is 18.2. The van der Waals surface area contributed by atoms with Gasteiger partial charge in [0.05, 0.1) is 10.0 Å². The largest absolute Gasteiger partial charge is 0.360 e. The van der Waals surface area contributed by atoms with Gasteiger partial charge in [-0.3, -0.25) is 9.59 Å². The van der Waals surface area contributed by atoms with Crippen molar-refractivity contribution < 1.29 is 14.1 Å². The molecule has 0 atom stereocenters. The molecule has 1 saturated heterocycles. The second-order valence-corrected chi connectivity index (χ2v) is 10.9. The van der Waals surface area contributed by atoms with Gasteiger partial charge in [0.1, 0.15) is 17.0 Å². The highest BCUT2D eigenvalue weighted by Crippen LogP contribution is 2.36. The number of hydrogen-bond acceptors (Lipinski definition) is 5. The van der Waals surface area contributed by atoms with Gasteiger partial charge in [0, 0.05) is 23.7 Å². The molecule has 1 aliphatic heterocycles. The first kappa shape index (κ1) is 28.1. The summed E-state index contributed by atoms with van der Waals surface area (Å²) in [4.78, 5) is 27.5. The monoisotopic (exact) mass is 556 g/mol. The van der Waals surface area contributed by atoms with Crippen LogP contribution in [0.4, 0.5) is 5.69 Å². The number of amides is 2. The zero-order valence-electron chi connectivity index (χ0n) is 22.0. The second-order valence-electron chi connectivity index (χ2n) is 10.1. The fraction of sp³-hybridized carbons (Fsp3) is 0.414. The fourth-order valence-corrected chi connectivity index (χ4v) is 5.35. The first-order valence-electron chi connectivity index (χ1n) is 13.1. The molecular formula is C29H34Cl2N4O3. The molecule has 0 aliphatic carbocycles. The number of halogens is 2. The van der Waals surface area contributed by atoms with Gasteiger partial charge in [-0.1, -0.05) is 60.4 Å². The normalized spacial score (nSPS) is 14.6. The first-order valence-corrected chi connectivity index (χ1v) is 13.8. The second kappa shape index (κ2) is 12.8. The molecule has 0 saturated carbocycles. The van der Waals surface area contributed by atoms with Gasteiger partial charge < -0.3 is 20.1 Å². The van der Waals surface area contributed by atoms with E-state index in [-0.39, 0.29) is 17.7 Å². The summed E-state index contributed by atoms with van der Waals surface area (Å²) >= 11 is 12.7. The number of carbonyl (C=O) groups is 2. The van der Waals surface area contributed by atoms with Crippen molar-refractivity contribution in [2.75, 3.05) is 31.5 Å². The Balaban J connectivity index is 1.25. The average Bonchev–Trinajstić information content (AvgIpc) is 3.27. The Morgan fingerprint density at radius 1 is 1.11 bits per heavy atom. The van der Waals surface area contributed by atoms with Crippen molar-refractivity contribution in [3.8, 4) is 11.3 Å². The number of anilines is 1. The highest BCUT2D eigenvalue weighted by Gasteiger charge is 2.25. The van der Waals surface area contributed by atoms with Crippen molar-refractivity contribution in [3.63, 3.8) is 0 Å². The maximum absolute atomic E-state index is 13.0. The number of hydrogen-bond donors (Lipinski definition) is 2. The summed E-state index contributed by atoms with van der Waals surface area (Å²) in [6.07, 6.45) is 2.96. The van der Waals surface area contributed by atoms with Crippen molar-refractivity contribution in [1.82, 2.24) is 15.4 Å². The minimum Gasteiger partial charge on any atom is -0.360 e. The van der Waals surface area contributed by atoms with Crippen LogP contribution in [0.1, 0.15) is 60.7 Å². The molecule has 0 unspecified atom stereocenters. The van der Waals surface area contributed by atoms with E-state index in [4.69, 9.17) is 27.7 Å². The van der Waals surface area contributed by atoms with Crippen LogP contribution >= 0.6 is 23.2 Å². The summed E-state index contributed by atoms with van der Waals surface area (Å²) in [6, 6.07) is 13.4. The van der Waals surface area contributed by atoms with Crippen LogP contribution in [-0.4, -0.2) is 48.0 Å². The Bertz CT molecular complexity index is 1260. The third-order valence-corrected chi connectivity index (χ3v) is 7.59. The van der Waals surface area contributed by atoms with E-state index in [9.17, 15) is 9.59 Å². The summed E-state index contributed by atoms with van der Waals surface area (Å²) in [5.41, 5.74) is 3.34. The van der Waals surface area contributed by atoms with Gasteiger partial charge in [0.15, 0.2) is 0 Å². The van der Waals surface area contributed by atoms with Crippen molar-refractivity contribution >= 4 is 40.7 Å². The van der Waals surface area contributed by atoms with Crippen molar-refractivity contribution in [2.24, 2.45) is 5.92 Å². The standard InChI is InChI=1S/C29H34Cl2N4O3/c1-18(2)28(36)33-22-8-4-7-21(17-22)20-11-15-35(16-12-20)14-6-13-32-29(37)25-19(3)38-34-27(25)26-23(30)9-5-10-24(26)31/h4-5,7-10,17-18,20H,6,11-16H2,1-3H3,(H,32,37)(H,33,36). The average molecular weight is 558 g/mol. The summed E-state index contributed by atoms with van der Waals surface area (Å²) in [6.45, 7) is 8.94. The van der Waals surface area contributed by atoms with Crippen molar-refractivity contribution in [1.29, 1.82) is 0 Å². The van der Waals surface area contributed by atoms with Crippen molar-refractivity contribution in [3.05, 3.63) is 69.4 Å². The molecule has 9 heteroatoms. The quantitative estimate of drug-likeness (QED) is 0.292. The smallest absolute Gasteiger partial charge is 0.257 e. The molecule has 0 spiro atoms. The van der Waals surface area contributed by atoms with Crippen LogP contribution in [0.2, 0.25) is 10.0 Å². The molecule has 2 aromatic carbocycles. The number of aryl methyl sites for hydroxylation is 1. The Labute approximate surface area is 233 Å². The van der Waals surface area contributed by atoms with Crippen LogP contribution < -0.4 is 10.6 Å². The van der Waals surface area contributed by atoms with Crippen LogP contribution in [0.25, 0.3) is 11.3 Å². The van der Waals surface area contributed by atoms with E-state index in [2.05, 4.69) is 32.8 Å². The summed E-state index contributed by atoms with van der Waals surface area (Å²) in [5.74, 6) is 0.636. The number of likely N-dealkylation sites (tertiary alicyclic amines) is 1. The summed E-state index contributed by atoms with van der Waals surface area (Å²) < 4.78 is 5.31. The van der Waals surface area contributed by atoms with Gasteiger partial charge in [-0.25, -0.2) is 0 Å². The summed E-state index contributed by atoms with van der Waals surface area (Å²) in [7, 11) is 0. The van der Waals surface area contributed by atoms with Gasteiger partial charge >= 0.3 is 0 Å². The topological polar surface area (TPSA) is 87.5 Å². The number of carbonyl (C=O) groups excluding carboxylic acids is 2. The zero-order chi connectivity index (χ0) is 27.2. The molecule has 4 rings (SSSR count). The Morgan fingerprint density at radius 2 is 1.79 bits per heavy atom. The lowest BCUT2D eigenvalue weighted by Gasteiger charge is -2.32. The molecule has 7 nitrogen and oxygen atoms in total. The third kappa shape index (κ3) is 6.76. The minimum atomic E-state index is -0.252. The van der Waals surface area contributed by atoms with E-state index in [1.807, 2.05) is 26.0 Å². The lowest BCUT2D eigenvalue weighted by atomic mass is 9.89. The molecule has 1 aliphatic rings. The number of piperidine rings is 1. The maximum atomic E-state index is 13.0. The Morgan fingerprint density at radius 3 is 2.47 bits per heavy atom. The van der Waals surface area contributed by atoms with Crippen LogP contribution in [0, 0.1) is 12.8 Å². The van der Waals surface area contributed by atoms with E-state index < -0.39 is 0 Å². The van der Waals surface area contributed by atoms with Gasteiger partial charge in [-0.05, 0) is 81.6 Å². The zero-order valence-corrected chi connectivity index (χ0v) is 23.5. The molecule has 2 N–H and O–H groups in total. The fourth-order valence-electron chi connectivity index (χ4n) is 4.77. The van der Waals surface area contributed by atoms with E-state index >= 15 is 0 Å². The summed E-state index contributed by atoms with van der Waals surface area (Å²) in [5, 5.41) is 10.9. The van der Waals surface area contributed by atoms with Crippen molar-refractivity contribution in [2.45, 2.75) is 46.0 Å². The molecule has 2 amide bonds. The highest BCUT2D eigenvalue weighted by molar-refractivity contribution is 6.39. The molecule has 1 fully saturated rings. The Kier molecular flexibility index (Phi) is 9.47. The van der Waals surface area contributed by atoms with E-state index in [0.717, 1.165) is 44.6 Å². The van der Waals surface area contributed by atoms with Crippen LogP contribution in [0.15, 0.2) is 47.0 Å². The predicted molar refractivity (Wildman–Crippen MR) is 152 cm³/mol. The van der Waals surface area contributed by atoms with Gasteiger partial charge in [-0.15, -0.1) is 0 Å². The van der Waals surface area contributed by atoms with Crippen LogP contribution in [0.5, 0.6) is 0 Å². The minimum absolute atomic E-state index is 0.0344. The molecule has 0 radical (unpaired) electrons. The van der Waals surface area contributed by atoms with Gasteiger partial charge in [-0.2, -0.15) is 0 Å². The lowest BCUT2D eigenvalue weighted by molar-refractivity contribution is -0.118. The lowest BCUT2D eigenvalue weighted by Crippen LogP contribution is -2.35. The number of nitrogens with zero attached hydrogens (tertiary/aromatic N) is 2. The van der Waals surface area contributed by atoms with Gasteiger partial charge in [0.25, 0.3) is 5.91 Å². The van der Waals surface area contributed by atoms with E-state index in [1.54, 1.807) is 25.1 Å². The van der Waals surface area contributed by atoms with E-state index in [1.165, 1.54) is 5.56 Å². The molecule has 202 valence electrons. The molecule has 0 bridgehead atoms. The molecule has 1 aromatic heterocycles. The molecule has 2 heterocycles.